The maximum atomic E-state index is 14.3. The molecule has 1 amide bonds. The Labute approximate surface area is 212 Å². The van der Waals surface area contributed by atoms with Crippen LogP contribution in [-0.4, -0.2) is 40.7 Å². The zero-order chi connectivity index (χ0) is 27.0. The molecule has 1 aliphatic heterocycles. The molecule has 3 heterocycles. The number of nitrogens with one attached hydrogen (secondary N) is 3. The van der Waals surface area contributed by atoms with Gasteiger partial charge in [0.1, 0.15) is 34.5 Å². The van der Waals surface area contributed by atoms with Gasteiger partial charge in [-0.1, -0.05) is 18.2 Å². The van der Waals surface area contributed by atoms with Gasteiger partial charge < -0.3 is 21.5 Å². The lowest BCUT2D eigenvalue weighted by Crippen LogP contribution is -2.48. The van der Waals surface area contributed by atoms with Crippen LogP contribution in [0.5, 0.6) is 0 Å². The van der Waals surface area contributed by atoms with E-state index < -0.39 is 28.1 Å². The zero-order valence-electron chi connectivity index (χ0n) is 20.2. The number of aromatic nitrogens is 3. The van der Waals surface area contributed by atoms with E-state index in [9.17, 15) is 17.6 Å². The maximum absolute atomic E-state index is 14.3. The number of fused-ring (bicyclic) bond motifs is 1. The number of amidine groups is 1. The second-order valence-electron chi connectivity index (χ2n) is 9.07. The van der Waals surface area contributed by atoms with Crippen molar-refractivity contribution in [3.8, 4) is 0 Å². The van der Waals surface area contributed by atoms with Gasteiger partial charge in [-0.3, -0.25) is 4.72 Å². The monoisotopic (exact) mass is 531 g/mol. The molecule has 1 aromatic carbocycles. The first-order valence-electron chi connectivity index (χ1n) is 11.0. The van der Waals surface area contributed by atoms with Gasteiger partial charge in [-0.2, -0.15) is 13.5 Å². The number of nitrogens with two attached hydrogens (primary N) is 2. The Morgan fingerprint density at radius 2 is 1.95 bits per heavy atom. The van der Waals surface area contributed by atoms with Crippen molar-refractivity contribution >= 4 is 33.2 Å². The standard InChI is InChI=1S/C22H26FN9O4S/c1-22(2,3)36-21(33)31-37(34,35)30-16-17(24)27-19(28-18(16)25)15-13-8-6-10-26-20(13)32(29-15)11-12-7-4-5-9-14(12)23/h4-10,19,27,30H,11,24H2,1-3H3,(H2,25,28)(H,31,33). The van der Waals surface area contributed by atoms with Crippen LogP contribution in [0.15, 0.2) is 59.1 Å². The van der Waals surface area contributed by atoms with Gasteiger partial charge in [-0.25, -0.2) is 28.6 Å². The fourth-order valence-electron chi connectivity index (χ4n) is 3.53. The summed E-state index contributed by atoms with van der Waals surface area (Å²) < 4.78 is 49.4. The Bertz CT molecular complexity index is 1530. The number of hydrogen-bond acceptors (Lipinski definition) is 10. The lowest BCUT2D eigenvalue weighted by molar-refractivity contribution is 0.0570. The van der Waals surface area contributed by atoms with Crippen LogP contribution in [0.1, 0.15) is 38.2 Å². The molecule has 0 fully saturated rings. The molecule has 196 valence electrons. The highest BCUT2D eigenvalue weighted by molar-refractivity contribution is 7.88. The molecule has 0 spiro atoms. The average Bonchev–Trinajstić information content (AvgIpc) is 3.14. The summed E-state index contributed by atoms with van der Waals surface area (Å²) in [5.74, 6) is -0.796. The summed E-state index contributed by atoms with van der Waals surface area (Å²) in [5, 5.41) is 8.02. The van der Waals surface area contributed by atoms with Gasteiger partial charge in [0.2, 0.25) is 0 Å². The Morgan fingerprint density at radius 3 is 2.62 bits per heavy atom. The first-order chi connectivity index (χ1) is 17.3. The van der Waals surface area contributed by atoms with Crippen LogP contribution in [-0.2, 0) is 21.5 Å². The van der Waals surface area contributed by atoms with Gasteiger partial charge in [-0.05, 0) is 39.0 Å². The Kier molecular flexibility index (Phi) is 6.64. The summed E-state index contributed by atoms with van der Waals surface area (Å²) in [6, 6.07) is 9.78. The molecule has 1 atom stereocenters. The molecular formula is C22H26FN9O4S. The summed E-state index contributed by atoms with van der Waals surface area (Å²) in [5.41, 5.74) is 12.2. The van der Waals surface area contributed by atoms with E-state index in [1.165, 1.54) is 10.7 Å². The molecule has 0 aliphatic carbocycles. The number of nitrogens with zero attached hydrogens (tertiary/aromatic N) is 4. The van der Waals surface area contributed by atoms with Crippen LogP contribution in [0.3, 0.4) is 0 Å². The summed E-state index contributed by atoms with van der Waals surface area (Å²) in [6.45, 7) is 4.86. The molecule has 1 unspecified atom stereocenters. The van der Waals surface area contributed by atoms with Crippen molar-refractivity contribution in [2.75, 3.05) is 0 Å². The quantitative estimate of drug-likeness (QED) is 0.309. The third kappa shape index (κ3) is 5.88. The fourth-order valence-corrected chi connectivity index (χ4v) is 4.33. The van der Waals surface area contributed by atoms with Crippen LogP contribution in [0.25, 0.3) is 11.0 Å². The van der Waals surface area contributed by atoms with Gasteiger partial charge >= 0.3 is 16.3 Å². The molecule has 13 nitrogen and oxygen atoms in total. The normalized spacial score (nSPS) is 16.2. The first kappa shape index (κ1) is 25.7. The molecular weight excluding hydrogens is 505 g/mol. The van der Waals surface area contributed by atoms with Crippen molar-refractivity contribution in [2.45, 2.75) is 39.1 Å². The molecule has 2 aromatic heterocycles. The zero-order valence-corrected chi connectivity index (χ0v) is 21.0. The molecule has 1 aliphatic rings. The number of pyridine rings is 1. The number of carbonyl (C=O) groups excluding carboxylic acids is 1. The van der Waals surface area contributed by atoms with Gasteiger partial charge in [-0.15, -0.1) is 0 Å². The van der Waals surface area contributed by atoms with Crippen molar-refractivity contribution in [3.63, 3.8) is 0 Å². The van der Waals surface area contributed by atoms with Gasteiger partial charge in [0.15, 0.2) is 11.8 Å². The summed E-state index contributed by atoms with van der Waals surface area (Å²) in [7, 11) is -4.45. The Morgan fingerprint density at radius 1 is 1.22 bits per heavy atom. The minimum Gasteiger partial charge on any atom is -0.443 e. The van der Waals surface area contributed by atoms with Crippen LogP contribution >= 0.6 is 0 Å². The van der Waals surface area contributed by atoms with E-state index in [0.717, 1.165) is 0 Å². The predicted molar refractivity (Wildman–Crippen MR) is 133 cm³/mol. The number of hydrogen-bond donors (Lipinski definition) is 5. The average molecular weight is 532 g/mol. The number of carbonyl (C=O) groups is 1. The smallest absolute Gasteiger partial charge is 0.422 e. The second kappa shape index (κ2) is 9.57. The van der Waals surface area contributed by atoms with Gasteiger partial charge in [0.05, 0.1) is 6.54 Å². The van der Waals surface area contributed by atoms with E-state index in [2.05, 4.69) is 25.1 Å². The van der Waals surface area contributed by atoms with Gasteiger partial charge in [0.25, 0.3) is 0 Å². The van der Waals surface area contributed by atoms with Crippen molar-refractivity contribution in [1.29, 1.82) is 0 Å². The van der Waals surface area contributed by atoms with E-state index >= 15 is 0 Å². The maximum Gasteiger partial charge on any atom is 0.422 e. The van der Waals surface area contributed by atoms with Crippen molar-refractivity contribution < 1.29 is 22.3 Å². The molecule has 3 aromatic rings. The van der Waals surface area contributed by atoms with Crippen molar-refractivity contribution in [1.82, 2.24) is 29.5 Å². The SMILES string of the molecule is CC(C)(C)OC(=O)NS(=O)(=O)NC1=C(N)NC(c2nn(Cc3ccccc3F)c3ncccc23)N=C1N. The Hall–Kier alpha value is -4.40. The molecule has 0 radical (unpaired) electrons. The molecule has 4 rings (SSSR count). The molecule has 7 N–H and O–H groups in total. The third-order valence-electron chi connectivity index (χ3n) is 5.01. The number of halogens is 1. The topological polar surface area (TPSA) is 192 Å². The number of benzene rings is 1. The first-order valence-corrected chi connectivity index (χ1v) is 12.5. The minimum atomic E-state index is -4.45. The van der Waals surface area contributed by atoms with E-state index in [4.69, 9.17) is 16.2 Å². The number of aliphatic imine (C=N–C) groups is 1. The molecule has 0 saturated heterocycles. The lowest BCUT2D eigenvalue weighted by atomic mass is 10.2. The summed E-state index contributed by atoms with van der Waals surface area (Å²) >= 11 is 0. The van der Waals surface area contributed by atoms with E-state index in [-0.39, 0.29) is 29.7 Å². The van der Waals surface area contributed by atoms with Crippen molar-refractivity contribution in [2.24, 2.45) is 16.5 Å². The minimum absolute atomic E-state index is 0.110. The van der Waals surface area contributed by atoms with Crippen LogP contribution in [0.4, 0.5) is 9.18 Å². The predicted octanol–water partition coefficient (Wildman–Crippen LogP) is 1.06. The molecule has 0 saturated carbocycles. The number of amides is 1. The summed E-state index contributed by atoms with van der Waals surface area (Å²) in [6.07, 6.45) is -0.507. The second-order valence-corrected chi connectivity index (χ2v) is 10.5. The molecule has 0 bridgehead atoms. The van der Waals surface area contributed by atoms with Gasteiger partial charge in [0, 0.05) is 17.1 Å². The van der Waals surface area contributed by atoms with Crippen molar-refractivity contribution in [3.05, 3.63) is 71.2 Å². The van der Waals surface area contributed by atoms with Crippen LogP contribution in [0, 0.1) is 5.82 Å². The fraction of sp³-hybridized carbons (Fsp3) is 0.273. The number of ether oxygens (including phenoxy) is 1. The number of rotatable bonds is 6. The summed E-state index contributed by atoms with van der Waals surface area (Å²) in [4.78, 5) is 20.5. The molecule has 15 heteroatoms. The lowest BCUT2D eigenvalue weighted by Gasteiger charge is -2.24. The third-order valence-corrected chi connectivity index (χ3v) is 5.92. The highest BCUT2D eigenvalue weighted by Crippen LogP contribution is 2.27. The van der Waals surface area contributed by atoms with E-state index in [1.807, 2.05) is 0 Å². The van der Waals surface area contributed by atoms with E-state index in [1.54, 1.807) is 62.0 Å². The van der Waals surface area contributed by atoms with Crippen LogP contribution in [0.2, 0.25) is 0 Å². The van der Waals surface area contributed by atoms with Crippen LogP contribution < -0.4 is 26.2 Å². The largest absolute Gasteiger partial charge is 0.443 e. The Balaban J connectivity index is 1.59. The highest BCUT2D eigenvalue weighted by atomic mass is 32.2. The molecule has 37 heavy (non-hydrogen) atoms. The van der Waals surface area contributed by atoms with E-state index in [0.29, 0.717) is 22.3 Å². The highest BCUT2D eigenvalue weighted by Gasteiger charge is 2.29.